The van der Waals surface area contributed by atoms with Crippen LogP contribution in [0.25, 0.3) is 0 Å². The lowest BCUT2D eigenvalue weighted by Gasteiger charge is -2.33. The number of hydrogen-bond acceptors (Lipinski definition) is 4. The molecule has 0 aliphatic carbocycles. The minimum Gasteiger partial charge on any atom is -0.449 e. The van der Waals surface area contributed by atoms with Crippen molar-refractivity contribution >= 4 is 11.9 Å². The normalized spacial score (nSPS) is 25.2. The summed E-state index contributed by atoms with van der Waals surface area (Å²) >= 11 is 0. The van der Waals surface area contributed by atoms with Gasteiger partial charge < -0.3 is 15.0 Å². The minimum absolute atomic E-state index is 0.0898. The predicted molar refractivity (Wildman–Crippen MR) is 89.6 cm³/mol. The number of rotatable bonds is 1. The number of alkyl halides is 3. The molecule has 1 spiro atoms. The van der Waals surface area contributed by atoms with Crippen molar-refractivity contribution in [3.8, 4) is 0 Å². The van der Waals surface area contributed by atoms with Crippen molar-refractivity contribution in [3.63, 3.8) is 0 Å². The van der Waals surface area contributed by atoms with Gasteiger partial charge in [0.15, 0.2) is 5.60 Å². The zero-order valence-corrected chi connectivity index (χ0v) is 14.8. The van der Waals surface area contributed by atoms with Crippen molar-refractivity contribution in [3.05, 3.63) is 46.0 Å². The molecule has 0 saturated carbocycles. The van der Waals surface area contributed by atoms with Crippen molar-refractivity contribution in [1.82, 2.24) is 10.2 Å². The molecule has 1 unspecified atom stereocenters. The molecular formula is C19H19F3N2O3. The van der Waals surface area contributed by atoms with E-state index in [1.165, 1.54) is 11.0 Å². The summed E-state index contributed by atoms with van der Waals surface area (Å²) in [5.41, 5.74) is 0.264. The van der Waals surface area contributed by atoms with Crippen molar-refractivity contribution < 1.29 is 27.5 Å². The number of carbonyl (C=O) groups excluding carboxylic acids is 2. The first-order chi connectivity index (χ1) is 12.7. The quantitative estimate of drug-likeness (QED) is 0.759. The summed E-state index contributed by atoms with van der Waals surface area (Å²) < 4.78 is 44.5. The van der Waals surface area contributed by atoms with Crippen molar-refractivity contribution in [2.24, 2.45) is 0 Å². The second-order valence-corrected chi connectivity index (χ2v) is 7.27. The minimum atomic E-state index is -4.42. The van der Waals surface area contributed by atoms with Gasteiger partial charge in [0.05, 0.1) is 11.1 Å². The van der Waals surface area contributed by atoms with Crippen molar-refractivity contribution in [2.75, 3.05) is 19.6 Å². The van der Waals surface area contributed by atoms with Crippen LogP contribution in [0.5, 0.6) is 0 Å². The van der Waals surface area contributed by atoms with Crippen LogP contribution in [-0.4, -0.2) is 42.0 Å². The molecule has 3 aliphatic rings. The van der Waals surface area contributed by atoms with E-state index in [9.17, 15) is 22.8 Å². The summed E-state index contributed by atoms with van der Waals surface area (Å²) in [7, 11) is 0. The van der Waals surface area contributed by atoms with Gasteiger partial charge in [0, 0.05) is 31.6 Å². The topological polar surface area (TPSA) is 58.6 Å². The van der Waals surface area contributed by atoms with E-state index >= 15 is 0 Å². The summed E-state index contributed by atoms with van der Waals surface area (Å²) in [5.74, 6) is -0.830. The van der Waals surface area contributed by atoms with Crippen LogP contribution in [0.1, 0.15) is 30.0 Å². The summed E-state index contributed by atoms with van der Waals surface area (Å²) in [4.78, 5) is 26.8. The third-order valence-corrected chi connectivity index (χ3v) is 5.59. The first kappa shape index (κ1) is 18.0. The first-order valence-electron chi connectivity index (χ1n) is 8.85. The molecule has 4 rings (SSSR count). The Morgan fingerprint density at radius 1 is 1.30 bits per heavy atom. The Morgan fingerprint density at radius 3 is 2.74 bits per heavy atom. The van der Waals surface area contributed by atoms with Gasteiger partial charge in [0.2, 0.25) is 0 Å². The molecule has 3 aliphatic heterocycles. The highest BCUT2D eigenvalue weighted by atomic mass is 19.4. The van der Waals surface area contributed by atoms with Gasteiger partial charge in [0.25, 0.3) is 5.91 Å². The number of nitrogens with zero attached hydrogens (tertiary/aromatic N) is 1. The summed E-state index contributed by atoms with van der Waals surface area (Å²) in [6, 6.07) is 3.67. The highest BCUT2D eigenvalue weighted by Crippen LogP contribution is 2.39. The number of esters is 1. The number of halogens is 3. The van der Waals surface area contributed by atoms with Crippen LogP contribution < -0.4 is 5.32 Å². The molecule has 0 bridgehead atoms. The Morgan fingerprint density at radius 2 is 2.07 bits per heavy atom. The maximum Gasteiger partial charge on any atom is 0.416 e. The molecule has 1 atom stereocenters. The van der Waals surface area contributed by atoms with E-state index in [-0.39, 0.29) is 12.5 Å². The van der Waals surface area contributed by atoms with E-state index in [0.717, 1.165) is 17.7 Å². The van der Waals surface area contributed by atoms with Crippen molar-refractivity contribution in [2.45, 2.75) is 38.1 Å². The molecule has 1 saturated heterocycles. The average Bonchev–Trinajstić information content (AvgIpc) is 3.17. The molecule has 27 heavy (non-hydrogen) atoms. The van der Waals surface area contributed by atoms with Crippen LogP contribution in [-0.2, 0) is 33.5 Å². The maximum atomic E-state index is 13.2. The largest absolute Gasteiger partial charge is 0.449 e. The van der Waals surface area contributed by atoms with Crippen LogP contribution >= 0.6 is 0 Å². The van der Waals surface area contributed by atoms with Crippen LogP contribution in [0.3, 0.4) is 0 Å². The first-order valence-corrected chi connectivity index (χ1v) is 8.85. The number of benzene rings is 1. The van der Waals surface area contributed by atoms with E-state index in [0.29, 0.717) is 49.2 Å². The molecule has 144 valence electrons. The number of fused-ring (bicyclic) bond motifs is 1. The molecule has 1 amide bonds. The standard InChI is InChI=1S/C19H19F3N2O3/c1-11-15(18(27-17(11)26)5-6-23-10-18)16(25)24-7-4-12-2-3-14(19(20,21)22)8-13(12)9-24/h2-3,8,23H,4-7,9-10H2,1H3. The highest BCUT2D eigenvalue weighted by molar-refractivity contribution is 6.07. The fourth-order valence-electron chi connectivity index (χ4n) is 4.14. The van der Waals surface area contributed by atoms with Gasteiger partial charge in [-0.25, -0.2) is 4.79 Å². The van der Waals surface area contributed by atoms with Crippen LogP contribution in [0.2, 0.25) is 0 Å². The van der Waals surface area contributed by atoms with Gasteiger partial charge in [-0.1, -0.05) is 6.07 Å². The lowest BCUT2D eigenvalue weighted by molar-refractivity contribution is -0.146. The fraction of sp³-hybridized carbons (Fsp3) is 0.474. The lowest BCUT2D eigenvalue weighted by atomic mass is 9.89. The molecule has 0 aromatic heterocycles. The van der Waals surface area contributed by atoms with E-state index in [1.807, 2.05) is 0 Å². The molecule has 1 aromatic rings. The molecular weight excluding hydrogens is 361 g/mol. The molecule has 5 nitrogen and oxygen atoms in total. The van der Waals surface area contributed by atoms with Crippen molar-refractivity contribution in [1.29, 1.82) is 0 Å². The monoisotopic (exact) mass is 380 g/mol. The van der Waals surface area contributed by atoms with E-state index < -0.39 is 23.3 Å². The predicted octanol–water partition coefficient (Wildman–Crippen LogP) is 2.20. The molecule has 1 aromatic carbocycles. The SMILES string of the molecule is CC1=C(C(=O)N2CCc3ccc(C(F)(F)F)cc3C2)C2(CCNC2)OC1=O. The number of carbonyl (C=O) groups is 2. The van der Waals surface area contributed by atoms with Gasteiger partial charge in [-0.15, -0.1) is 0 Å². The molecule has 1 fully saturated rings. The second-order valence-electron chi connectivity index (χ2n) is 7.27. The fourth-order valence-corrected chi connectivity index (χ4v) is 4.14. The molecule has 8 heteroatoms. The maximum absolute atomic E-state index is 13.2. The summed E-state index contributed by atoms with van der Waals surface area (Å²) in [6.45, 7) is 3.06. The number of ether oxygens (including phenoxy) is 1. The average molecular weight is 380 g/mol. The van der Waals surface area contributed by atoms with E-state index in [4.69, 9.17) is 4.74 Å². The van der Waals surface area contributed by atoms with Gasteiger partial charge in [-0.3, -0.25) is 4.79 Å². The zero-order chi connectivity index (χ0) is 19.4. The van der Waals surface area contributed by atoms with Crippen LogP contribution in [0, 0.1) is 0 Å². The molecule has 3 heterocycles. The molecule has 1 N–H and O–H groups in total. The third kappa shape index (κ3) is 2.92. The molecule has 0 radical (unpaired) electrons. The third-order valence-electron chi connectivity index (χ3n) is 5.59. The zero-order valence-electron chi connectivity index (χ0n) is 14.8. The second kappa shape index (κ2) is 6.09. The number of hydrogen-bond donors (Lipinski definition) is 1. The van der Waals surface area contributed by atoms with E-state index in [1.54, 1.807) is 6.92 Å². The van der Waals surface area contributed by atoms with Gasteiger partial charge in [-0.2, -0.15) is 13.2 Å². The highest BCUT2D eigenvalue weighted by Gasteiger charge is 2.52. The lowest BCUT2D eigenvalue weighted by Crippen LogP contribution is -2.44. The van der Waals surface area contributed by atoms with Gasteiger partial charge in [-0.05, 0) is 43.1 Å². The number of nitrogens with one attached hydrogen (secondary N) is 1. The van der Waals surface area contributed by atoms with Gasteiger partial charge in [0.1, 0.15) is 0 Å². The summed E-state index contributed by atoms with van der Waals surface area (Å²) in [5, 5.41) is 3.12. The Hall–Kier alpha value is -2.35. The van der Waals surface area contributed by atoms with Gasteiger partial charge >= 0.3 is 12.1 Å². The Balaban J connectivity index is 1.64. The van der Waals surface area contributed by atoms with Crippen LogP contribution in [0.15, 0.2) is 29.3 Å². The summed E-state index contributed by atoms with van der Waals surface area (Å²) in [6.07, 6.45) is -3.43. The Kier molecular flexibility index (Phi) is 4.06. The van der Waals surface area contributed by atoms with E-state index in [2.05, 4.69) is 5.32 Å². The number of amides is 1. The Bertz CT molecular complexity index is 854. The van der Waals surface area contributed by atoms with Crippen LogP contribution in [0.4, 0.5) is 13.2 Å². The Labute approximate surface area is 154 Å². The smallest absolute Gasteiger partial charge is 0.416 e.